The topological polar surface area (TPSA) is 37.3 Å². The molecule has 0 heterocycles. The van der Waals surface area contributed by atoms with Gasteiger partial charge in [-0.1, -0.05) is 54.6 Å². The van der Waals surface area contributed by atoms with Gasteiger partial charge >= 0.3 is 0 Å². The molecule has 88 valence electrons. The number of aliphatic hydroxyl groups is 1. The highest BCUT2D eigenvalue weighted by atomic mass is 16.3. The van der Waals surface area contributed by atoms with E-state index in [1.807, 2.05) is 42.5 Å². The summed E-state index contributed by atoms with van der Waals surface area (Å²) in [6.45, 7) is 0. The van der Waals surface area contributed by atoms with Gasteiger partial charge < -0.3 is 5.11 Å². The molecule has 0 amide bonds. The Hall–Kier alpha value is -2.35. The average Bonchev–Trinajstić information content (AvgIpc) is 2.77. The lowest BCUT2D eigenvalue weighted by atomic mass is 10.1. The van der Waals surface area contributed by atoms with Crippen molar-refractivity contribution in [3.63, 3.8) is 0 Å². The Morgan fingerprint density at radius 3 is 2.33 bits per heavy atom. The first kappa shape index (κ1) is 10.8. The SMILES string of the molecule is O=C1/C(=C(/O)c2ccccc2)Cc2ccccc21. The second-order valence-corrected chi connectivity index (χ2v) is 4.36. The highest BCUT2D eigenvalue weighted by molar-refractivity contribution is 6.16. The Morgan fingerprint density at radius 2 is 1.61 bits per heavy atom. The van der Waals surface area contributed by atoms with Crippen LogP contribution in [0.1, 0.15) is 21.5 Å². The zero-order chi connectivity index (χ0) is 12.5. The number of ketones is 1. The van der Waals surface area contributed by atoms with Gasteiger partial charge in [0.2, 0.25) is 0 Å². The fourth-order valence-corrected chi connectivity index (χ4v) is 2.29. The first-order chi connectivity index (χ1) is 8.77. The summed E-state index contributed by atoms with van der Waals surface area (Å²) in [5.74, 6) is 0.0313. The molecule has 0 spiro atoms. The summed E-state index contributed by atoms with van der Waals surface area (Å²) >= 11 is 0. The van der Waals surface area contributed by atoms with Crippen LogP contribution in [0, 0.1) is 0 Å². The lowest BCUT2D eigenvalue weighted by Gasteiger charge is -2.03. The van der Waals surface area contributed by atoms with Crippen molar-refractivity contribution in [2.24, 2.45) is 0 Å². The molecule has 2 nitrogen and oxygen atoms in total. The number of benzene rings is 2. The lowest BCUT2D eigenvalue weighted by molar-refractivity contribution is 0.103. The van der Waals surface area contributed by atoms with Crippen LogP contribution in [0.25, 0.3) is 5.76 Å². The van der Waals surface area contributed by atoms with E-state index in [1.54, 1.807) is 12.1 Å². The van der Waals surface area contributed by atoms with Crippen molar-refractivity contribution in [1.82, 2.24) is 0 Å². The molecule has 3 rings (SSSR count). The number of allylic oxidation sites excluding steroid dienone is 1. The molecule has 0 atom stereocenters. The Labute approximate surface area is 105 Å². The first-order valence-corrected chi connectivity index (χ1v) is 5.87. The maximum absolute atomic E-state index is 12.2. The Bertz CT molecular complexity index is 639. The average molecular weight is 236 g/mol. The Morgan fingerprint density at radius 1 is 0.944 bits per heavy atom. The molecule has 0 unspecified atom stereocenters. The van der Waals surface area contributed by atoms with Crippen LogP contribution >= 0.6 is 0 Å². The van der Waals surface area contributed by atoms with E-state index >= 15 is 0 Å². The Balaban J connectivity index is 2.09. The van der Waals surface area contributed by atoms with Crippen molar-refractivity contribution in [2.45, 2.75) is 6.42 Å². The monoisotopic (exact) mass is 236 g/mol. The number of aliphatic hydroxyl groups excluding tert-OH is 1. The number of carbonyl (C=O) groups is 1. The zero-order valence-corrected chi connectivity index (χ0v) is 9.76. The molecular weight excluding hydrogens is 224 g/mol. The number of carbonyl (C=O) groups excluding carboxylic acids is 1. The minimum Gasteiger partial charge on any atom is -0.507 e. The van der Waals surface area contributed by atoms with Gasteiger partial charge in [-0.25, -0.2) is 0 Å². The van der Waals surface area contributed by atoms with Crippen LogP contribution < -0.4 is 0 Å². The summed E-state index contributed by atoms with van der Waals surface area (Å²) in [5.41, 5.74) is 2.87. The highest BCUT2D eigenvalue weighted by Gasteiger charge is 2.27. The van der Waals surface area contributed by atoms with E-state index < -0.39 is 0 Å². The first-order valence-electron chi connectivity index (χ1n) is 5.87. The predicted octanol–water partition coefficient (Wildman–Crippen LogP) is 3.39. The van der Waals surface area contributed by atoms with Gasteiger partial charge in [0.15, 0.2) is 5.78 Å². The van der Waals surface area contributed by atoms with Crippen molar-refractivity contribution in [3.05, 3.63) is 76.9 Å². The van der Waals surface area contributed by atoms with Crippen LogP contribution in [-0.4, -0.2) is 10.9 Å². The summed E-state index contributed by atoms with van der Waals surface area (Å²) < 4.78 is 0. The number of hydrogen-bond acceptors (Lipinski definition) is 2. The zero-order valence-electron chi connectivity index (χ0n) is 9.76. The summed E-state index contributed by atoms with van der Waals surface area (Å²) in [6, 6.07) is 16.7. The van der Waals surface area contributed by atoms with Crippen LogP contribution in [0.4, 0.5) is 0 Å². The molecule has 1 aliphatic carbocycles. The molecular formula is C16H12O2. The molecule has 0 radical (unpaired) electrons. The molecule has 18 heavy (non-hydrogen) atoms. The van der Waals surface area contributed by atoms with E-state index in [-0.39, 0.29) is 11.5 Å². The second-order valence-electron chi connectivity index (χ2n) is 4.36. The number of Topliss-reactive ketones (excluding diaryl/α,β-unsaturated/α-hetero) is 1. The highest BCUT2D eigenvalue weighted by Crippen LogP contribution is 2.30. The quantitative estimate of drug-likeness (QED) is 0.608. The van der Waals surface area contributed by atoms with E-state index in [0.717, 1.165) is 5.56 Å². The molecule has 0 saturated heterocycles. The van der Waals surface area contributed by atoms with Gasteiger partial charge in [-0.2, -0.15) is 0 Å². The van der Waals surface area contributed by atoms with Gasteiger partial charge in [0.05, 0.1) is 0 Å². The maximum Gasteiger partial charge on any atom is 0.193 e. The maximum atomic E-state index is 12.2. The smallest absolute Gasteiger partial charge is 0.193 e. The van der Waals surface area contributed by atoms with E-state index in [0.29, 0.717) is 23.1 Å². The number of fused-ring (bicyclic) bond motifs is 1. The molecule has 0 bridgehead atoms. The van der Waals surface area contributed by atoms with Crippen LogP contribution in [0.15, 0.2) is 60.2 Å². The van der Waals surface area contributed by atoms with Gasteiger partial charge in [-0.3, -0.25) is 4.79 Å². The molecule has 1 N–H and O–H groups in total. The summed E-state index contributed by atoms with van der Waals surface area (Å²) in [4.78, 5) is 12.2. The fraction of sp³-hybridized carbons (Fsp3) is 0.0625. The minimum atomic E-state index is -0.0630. The van der Waals surface area contributed by atoms with Crippen molar-refractivity contribution < 1.29 is 9.90 Å². The predicted molar refractivity (Wildman–Crippen MR) is 70.5 cm³/mol. The standard InChI is InChI=1S/C16H12O2/c17-15(11-6-2-1-3-7-11)14-10-12-8-4-5-9-13(12)16(14)18/h1-9,17H,10H2/b15-14+. The van der Waals surface area contributed by atoms with Gasteiger partial charge in [0.1, 0.15) is 5.76 Å². The Kier molecular flexibility index (Phi) is 2.49. The van der Waals surface area contributed by atoms with E-state index in [4.69, 9.17) is 0 Å². The number of hydrogen-bond donors (Lipinski definition) is 1. The van der Waals surface area contributed by atoms with Crippen molar-refractivity contribution in [1.29, 1.82) is 0 Å². The van der Waals surface area contributed by atoms with Gasteiger partial charge in [0, 0.05) is 23.1 Å². The van der Waals surface area contributed by atoms with E-state index in [9.17, 15) is 9.90 Å². The molecule has 2 aromatic carbocycles. The normalized spacial score (nSPS) is 16.6. The molecule has 1 aliphatic rings. The molecule has 0 aliphatic heterocycles. The summed E-state index contributed by atoms with van der Waals surface area (Å²) in [7, 11) is 0. The van der Waals surface area contributed by atoms with Crippen LogP contribution in [0.3, 0.4) is 0 Å². The lowest BCUT2D eigenvalue weighted by Crippen LogP contribution is -1.99. The molecule has 0 fully saturated rings. The van der Waals surface area contributed by atoms with Gasteiger partial charge in [-0.15, -0.1) is 0 Å². The summed E-state index contributed by atoms with van der Waals surface area (Å²) in [5, 5.41) is 10.2. The van der Waals surface area contributed by atoms with E-state index in [2.05, 4.69) is 0 Å². The molecule has 0 saturated carbocycles. The fourth-order valence-electron chi connectivity index (χ4n) is 2.29. The summed E-state index contributed by atoms with van der Waals surface area (Å²) in [6.07, 6.45) is 0.510. The number of rotatable bonds is 1. The third-order valence-corrected chi connectivity index (χ3v) is 3.24. The van der Waals surface area contributed by atoms with Crippen LogP contribution in [0.2, 0.25) is 0 Å². The second kappa shape index (κ2) is 4.15. The van der Waals surface area contributed by atoms with Gasteiger partial charge in [-0.05, 0) is 5.56 Å². The third kappa shape index (κ3) is 1.63. The largest absolute Gasteiger partial charge is 0.507 e. The van der Waals surface area contributed by atoms with Gasteiger partial charge in [0.25, 0.3) is 0 Å². The van der Waals surface area contributed by atoms with Crippen molar-refractivity contribution in [3.8, 4) is 0 Å². The van der Waals surface area contributed by atoms with Crippen molar-refractivity contribution >= 4 is 11.5 Å². The van der Waals surface area contributed by atoms with Crippen molar-refractivity contribution in [2.75, 3.05) is 0 Å². The minimum absolute atomic E-state index is 0.0630. The van der Waals surface area contributed by atoms with Crippen LogP contribution in [-0.2, 0) is 6.42 Å². The third-order valence-electron chi connectivity index (χ3n) is 3.24. The molecule has 0 aromatic heterocycles. The van der Waals surface area contributed by atoms with Crippen LogP contribution in [0.5, 0.6) is 0 Å². The molecule has 2 heteroatoms. The molecule has 2 aromatic rings. The van der Waals surface area contributed by atoms with E-state index in [1.165, 1.54) is 0 Å².